The monoisotopic (exact) mass is 294 g/mol. The average molecular weight is 294 g/mol. The summed E-state index contributed by atoms with van der Waals surface area (Å²) < 4.78 is 0. The molecule has 2 rings (SSSR count). The molecule has 0 aliphatic rings. The molecule has 0 radical (unpaired) electrons. The first-order valence-electron chi connectivity index (χ1n) is 5.24. The summed E-state index contributed by atoms with van der Waals surface area (Å²) in [6.07, 6.45) is 1.97. The molecule has 1 heterocycles. The average Bonchev–Trinajstić information content (AvgIpc) is 2.89. The Balaban J connectivity index is 2.08. The molecule has 2 N–H and O–H groups in total. The number of aromatic nitrogens is 1. The maximum atomic E-state index is 11.8. The summed E-state index contributed by atoms with van der Waals surface area (Å²) in [5, 5.41) is 12.9. The van der Waals surface area contributed by atoms with E-state index in [0.717, 1.165) is 16.2 Å². The molecule has 1 amide bonds. The zero-order valence-electron chi connectivity index (χ0n) is 9.91. The third kappa shape index (κ3) is 3.33. The normalized spacial score (nSPS) is 10.2. The standard InChI is InChI=1S/C12H10N2O3S2/c1-18-8-4-2-7(3-5-8)13-10(15)11-14-9(6-19-11)12(16)17/h2-6H,1H3,(H,13,15)(H,16,17). The highest BCUT2D eigenvalue weighted by Crippen LogP contribution is 2.18. The minimum Gasteiger partial charge on any atom is -0.476 e. The summed E-state index contributed by atoms with van der Waals surface area (Å²) in [7, 11) is 0. The van der Waals surface area contributed by atoms with Crippen LogP contribution in [0.5, 0.6) is 0 Å². The number of hydrogen-bond acceptors (Lipinski definition) is 5. The number of anilines is 1. The van der Waals surface area contributed by atoms with Crippen molar-refractivity contribution in [3.63, 3.8) is 0 Å². The summed E-state index contributed by atoms with van der Waals surface area (Å²) in [6, 6.07) is 7.36. The Morgan fingerprint density at radius 1 is 1.32 bits per heavy atom. The van der Waals surface area contributed by atoms with E-state index >= 15 is 0 Å². The molecule has 0 fully saturated rings. The highest BCUT2D eigenvalue weighted by molar-refractivity contribution is 7.98. The van der Waals surface area contributed by atoms with Crippen molar-refractivity contribution in [1.29, 1.82) is 0 Å². The van der Waals surface area contributed by atoms with Gasteiger partial charge in [0.2, 0.25) is 0 Å². The maximum absolute atomic E-state index is 11.8. The Morgan fingerprint density at radius 3 is 2.53 bits per heavy atom. The zero-order valence-corrected chi connectivity index (χ0v) is 11.5. The van der Waals surface area contributed by atoms with Gasteiger partial charge in [0.15, 0.2) is 10.7 Å². The highest BCUT2D eigenvalue weighted by atomic mass is 32.2. The molecule has 0 bridgehead atoms. The lowest BCUT2D eigenvalue weighted by molar-refractivity contribution is 0.0691. The fourth-order valence-corrected chi connectivity index (χ4v) is 2.43. The van der Waals surface area contributed by atoms with Crippen molar-refractivity contribution in [1.82, 2.24) is 4.98 Å². The second-order valence-corrected chi connectivity index (χ2v) is 5.26. The largest absolute Gasteiger partial charge is 0.476 e. The molecule has 0 saturated carbocycles. The molecule has 0 atom stereocenters. The topological polar surface area (TPSA) is 79.3 Å². The second kappa shape index (κ2) is 5.85. The summed E-state index contributed by atoms with van der Waals surface area (Å²) in [5.41, 5.74) is 0.530. The first-order valence-corrected chi connectivity index (χ1v) is 7.35. The van der Waals surface area contributed by atoms with Gasteiger partial charge in [0, 0.05) is 16.0 Å². The fraction of sp³-hybridized carbons (Fsp3) is 0.0833. The van der Waals surface area contributed by atoms with Gasteiger partial charge in [-0.3, -0.25) is 4.79 Å². The minimum atomic E-state index is -1.14. The van der Waals surface area contributed by atoms with Crippen LogP contribution in [-0.2, 0) is 0 Å². The van der Waals surface area contributed by atoms with Crippen LogP contribution in [0.3, 0.4) is 0 Å². The Morgan fingerprint density at radius 2 is 2.00 bits per heavy atom. The van der Waals surface area contributed by atoms with Gasteiger partial charge in [0.1, 0.15) is 0 Å². The van der Waals surface area contributed by atoms with Crippen LogP contribution in [0.1, 0.15) is 20.3 Å². The van der Waals surface area contributed by atoms with Crippen molar-refractivity contribution >= 4 is 40.7 Å². The number of carbonyl (C=O) groups is 2. The third-order valence-corrected chi connectivity index (χ3v) is 3.85. The van der Waals surface area contributed by atoms with E-state index in [-0.39, 0.29) is 10.7 Å². The van der Waals surface area contributed by atoms with E-state index in [1.807, 2.05) is 18.4 Å². The number of nitrogens with one attached hydrogen (secondary N) is 1. The van der Waals surface area contributed by atoms with E-state index in [1.54, 1.807) is 23.9 Å². The lowest BCUT2D eigenvalue weighted by Crippen LogP contribution is -2.12. The van der Waals surface area contributed by atoms with Crippen LogP contribution in [0.2, 0.25) is 0 Å². The summed E-state index contributed by atoms with van der Waals surface area (Å²) in [6.45, 7) is 0. The lowest BCUT2D eigenvalue weighted by Gasteiger charge is -2.03. The molecule has 2 aromatic rings. The molecule has 0 spiro atoms. The van der Waals surface area contributed by atoms with Gasteiger partial charge in [-0.25, -0.2) is 9.78 Å². The van der Waals surface area contributed by atoms with Crippen molar-refractivity contribution in [3.05, 3.63) is 40.3 Å². The van der Waals surface area contributed by atoms with Crippen molar-refractivity contribution < 1.29 is 14.7 Å². The minimum absolute atomic E-state index is 0.118. The van der Waals surface area contributed by atoms with Crippen LogP contribution in [0.25, 0.3) is 0 Å². The van der Waals surface area contributed by atoms with Crippen LogP contribution >= 0.6 is 23.1 Å². The van der Waals surface area contributed by atoms with Crippen molar-refractivity contribution in [2.45, 2.75) is 4.90 Å². The SMILES string of the molecule is CSc1ccc(NC(=O)c2nc(C(=O)O)cs2)cc1. The smallest absolute Gasteiger partial charge is 0.355 e. The Bertz CT molecular complexity index is 608. The number of rotatable bonds is 4. The van der Waals surface area contributed by atoms with Gasteiger partial charge < -0.3 is 10.4 Å². The lowest BCUT2D eigenvalue weighted by atomic mass is 10.3. The van der Waals surface area contributed by atoms with Crippen LogP contribution < -0.4 is 5.32 Å². The van der Waals surface area contributed by atoms with Crippen LogP contribution in [0.15, 0.2) is 34.5 Å². The van der Waals surface area contributed by atoms with Gasteiger partial charge in [-0.2, -0.15) is 0 Å². The molecule has 7 heteroatoms. The van der Waals surface area contributed by atoms with E-state index in [1.165, 1.54) is 5.38 Å². The molecule has 0 unspecified atom stereocenters. The molecular formula is C12H10N2O3S2. The van der Waals surface area contributed by atoms with Crippen LogP contribution in [0.4, 0.5) is 5.69 Å². The number of nitrogens with zero attached hydrogens (tertiary/aromatic N) is 1. The van der Waals surface area contributed by atoms with Crippen molar-refractivity contribution in [3.8, 4) is 0 Å². The second-order valence-electron chi connectivity index (χ2n) is 3.53. The summed E-state index contributed by atoms with van der Waals surface area (Å²) in [5.74, 6) is -1.55. The van der Waals surface area contributed by atoms with Gasteiger partial charge in [-0.15, -0.1) is 23.1 Å². The molecule has 98 valence electrons. The van der Waals surface area contributed by atoms with Gasteiger partial charge in [0.25, 0.3) is 5.91 Å². The van der Waals surface area contributed by atoms with Gasteiger partial charge in [-0.1, -0.05) is 0 Å². The first kappa shape index (κ1) is 13.6. The molecule has 5 nitrogen and oxygen atoms in total. The van der Waals surface area contributed by atoms with Gasteiger partial charge in [-0.05, 0) is 30.5 Å². The van der Waals surface area contributed by atoms with E-state index in [9.17, 15) is 9.59 Å². The number of carboxylic acid groups (broad SMARTS) is 1. The Hall–Kier alpha value is -1.86. The van der Waals surface area contributed by atoms with E-state index in [2.05, 4.69) is 10.3 Å². The summed E-state index contributed by atoms with van der Waals surface area (Å²) in [4.78, 5) is 27.4. The molecular weight excluding hydrogens is 284 g/mol. The van der Waals surface area contributed by atoms with Crippen LogP contribution in [-0.4, -0.2) is 28.2 Å². The highest BCUT2D eigenvalue weighted by Gasteiger charge is 2.14. The molecule has 0 aliphatic heterocycles. The predicted octanol–water partition coefficient (Wildman–Crippen LogP) is 2.82. The van der Waals surface area contributed by atoms with Crippen molar-refractivity contribution in [2.75, 3.05) is 11.6 Å². The molecule has 0 saturated heterocycles. The third-order valence-electron chi connectivity index (χ3n) is 2.27. The zero-order chi connectivity index (χ0) is 13.8. The number of thiazole rings is 1. The van der Waals surface area contributed by atoms with Crippen molar-refractivity contribution in [2.24, 2.45) is 0 Å². The Kier molecular flexibility index (Phi) is 4.18. The molecule has 19 heavy (non-hydrogen) atoms. The summed E-state index contributed by atoms with van der Waals surface area (Å²) >= 11 is 2.62. The number of carboxylic acids is 1. The quantitative estimate of drug-likeness (QED) is 0.848. The molecule has 0 aliphatic carbocycles. The number of carbonyl (C=O) groups excluding carboxylic acids is 1. The van der Waals surface area contributed by atoms with E-state index in [4.69, 9.17) is 5.11 Å². The van der Waals surface area contributed by atoms with E-state index in [0.29, 0.717) is 5.69 Å². The fourth-order valence-electron chi connectivity index (χ4n) is 1.34. The van der Waals surface area contributed by atoms with E-state index < -0.39 is 11.9 Å². The number of thioether (sulfide) groups is 1. The predicted molar refractivity (Wildman–Crippen MR) is 75.2 cm³/mol. The first-order chi connectivity index (χ1) is 9.10. The maximum Gasteiger partial charge on any atom is 0.355 e. The number of amides is 1. The van der Waals surface area contributed by atoms with Gasteiger partial charge >= 0.3 is 5.97 Å². The molecule has 1 aromatic heterocycles. The van der Waals surface area contributed by atoms with Crippen LogP contribution in [0, 0.1) is 0 Å². The van der Waals surface area contributed by atoms with Gasteiger partial charge in [0.05, 0.1) is 0 Å². The Labute approximate surface area is 117 Å². The number of aromatic carboxylic acids is 1. The number of hydrogen-bond donors (Lipinski definition) is 2. The number of benzene rings is 1. The molecule has 1 aromatic carbocycles.